The Bertz CT molecular complexity index is 511. The topological polar surface area (TPSA) is 32.3 Å². The summed E-state index contributed by atoms with van der Waals surface area (Å²) in [5, 5.41) is 14.2. The van der Waals surface area contributed by atoms with E-state index in [2.05, 4.69) is 32.2 Å². The number of aryl methyl sites for hydroxylation is 1. The van der Waals surface area contributed by atoms with Crippen molar-refractivity contribution in [3.63, 3.8) is 0 Å². The Balaban J connectivity index is 1.78. The van der Waals surface area contributed by atoms with Gasteiger partial charge >= 0.3 is 0 Å². The van der Waals surface area contributed by atoms with Gasteiger partial charge in [0.05, 0.1) is 0 Å². The third-order valence-electron chi connectivity index (χ3n) is 5.71. The van der Waals surface area contributed by atoms with Crippen molar-refractivity contribution in [2.45, 2.75) is 77.3 Å². The summed E-state index contributed by atoms with van der Waals surface area (Å²) in [7, 11) is 0. The van der Waals surface area contributed by atoms with Crippen molar-refractivity contribution >= 4 is 0 Å². The first-order valence-corrected chi connectivity index (χ1v) is 8.68. The Morgan fingerprint density at radius 3 is 2.76 bits per heavy atom. The van der Waals surface area contributed by atoms with E-state index in [1.807, 2.05) is 6.07 Å². The number of fused-ring (bicyclic) bond motifs is 1. The number of benzene rings is 1. The van der Waals surface area contributed by atoms with Gasteiger partial charge < -0.3 is 10.4 Å². The van der Waals surface area contributed by atoms with Crippen molar-refractivity contribution in [1.29, 1.82) is 0 Å². The lowest BCUT2D eigenvalue weighted by Gasteiger charge is -2.32. The zero-order chi connectivity index (χ0) is 15.0. The van der Waals surface area contributed by atoms with Crippen LogP contribution in [0.15, 0.2) is 12.1 Å². The highest BCUT2D eigenvalue weighted by atomic mass is 16.3. The smallest absolute Gasteiger partial charge is 0.120 e. The number of phenolic OH excluding ortho intramolecular Hbond substituents is 1. The first kappa shape index (κ1) is 14.9. The molecular weight excluding hydrogens is 258 g/mol. The summed E-state index contributed by atoms with van der Waals surface area (Å²) in [6.07, 6.45) is 7.79. The fourth-order valence-corrected chi connectivity index (χ4v) is 4.59. The van der Waals surface area contributed by atoms with Crippen LogP contribution in [0.4, 0.5) is 0 Å². The van der Waals surface area contributed by atoms with Crippen LogP contribution in [0.5, 0.6) is 5.75 Å². The maximum absolute atomic E-state index is 10.3. The molecule has 0 heterocycles. The van der Waals surface area contributed by atoms with Gasteiger partial charge in [-0.3, -0.25) is 0 Å². The monoisotopic (exact) mass is 287 g/mol. The van der Waals surface area contributed by atoms with Gasteiger partial charge in [-0.25, -0.2) is 0 Å². The van der Waals surface area contributed by atoms with Crippen LogP contribution in [0.25, 0.3) is 0 Å². The molecule has 0 aromatic heterocycles. The molecule has 4 atom stereocenters. The van der Waals surface area contributed by atoms with Crippen LogP contribution >= 0.6 is 0 Å². The highest BCUT2D eigenvalue weighted by molar-refractivity contribution is 5.50. The standard InChI is InChI=1S/C19H29NO/c1-4-14-6-5-7-15(11-14)20-16-10-13(3)18-12(2)8-9-17(21)19(16)18/h8-9,13-16,20-21H,4-7,10-11H2,1-3H3. The van der Waals surface area contributed by atoms with Gasteiger partial charge in [-0.15, -0.1) is 0 Å². The summed E-state index contributed by atoms with van der Waals surface area (Å²) in [4.78, 5) is 0. The second-order valence-corrected chi connectivity index (χ2v) is 7.22. The van der Waals surface area contributed by atoms with Crippen molar-refractivity contribution in [2.24, 2.45) is 5.92 Å². The average molecular weight is 287 g/mol. The van der Waals surface area contributed by atoms with E-state index in [9.17, 15) is 5.11 Å². The maximum Gasteiger partial charge on any atom is 0.120 e. The van der Waals surface area contributed by atoms with E-state index in [0.717, 1.165) is 12.3 Å². The van der Waals surface area contributed by atoms with Gasteiger partial charge in [-0.05, 0) is 55.2 Å². The van der Waals surface area contributed by atoms with E-state index >= 15 is 0 Å². The number of hydrogen-bond acceptors (Lipinski definition) is 2. The molecule has 21 heavy (non-hydrogen) atoms. The van der Waals surface area contributed by atoms with E-state index in [1.165, 1.54) is 48.8 Å². The van der Waals surface area contributed by atoms with Crippen LogP contribution < -0.4 is 5.32 Å². The molecule has 2 nitrogen and oxygen atoms in total. The van der Waals surface area contributed by atoms with E-state index < -0.39 is 0 Å². The second kappa shape index (κ2) is 6.00. The molecule has 0 aliphatic heterocycles. The fraction of sp³-hybridized carbons (Fsp3) is 0.684. The van der Waals surface area contributed by atoms with Crippen LogP contribution in [-0.4, -0.2) is 11.1 Å². The van der Waals surface area contributed by atoms with Gasteiger partial charge in [0.25, 0.3) is 0 Å². The summed E-state index contributed by atoms with van der Waals surface area (Å²) in [5.74, 6) is 1.93. The molecule has 0 bridgehead atoms. The maximum atomic E-state index is 10.3. The number of phenols is 1. The molecule has 0 radical (unpaired) electrons. The lowest BCUT2D eigenvalue weighted by atomic mass is 9.83. The molecule has 2 N–H and O–H groups in total. The first-order chi connectivity index (χ1) is 10.1. The molecule has 2 heteroatoms. The molecule has 1 saturated carbocycles. The van der Waals surface area contributed by atoms with E-state index in [4.69, 9.17) is 0 Å². The van der Waals surface area contributed by atoms with Gasteiger partial charge in [0.15, 0.2) is 0 Å². The minimum Gasteiger partial charge on any atom is -0.508 e. The van der Waals surface area contributed by atoms with Crippen LogP contribution in [0.1, 0.15) is 81.0 Å². The molecule has 0 spiro atoms. The van der Waals surface area contributed by atoms with Gasteiger partial charge in [0.2, 0.25) is 0 Å². The van der Waals surface area contributed by atoms with Crippen LogP contribution in [-0.2, 0) is 0 Å². The van der Waals surface area contributed by atoms with Crippen molar-refractivity contribution < 1.29 is 5.11 Å². The number of aromatic hydroxyl groups is 1. The highest BCUT2D eigenvalue weighted by Crippen LogP contribution is 2.46. The van der Waals surface area contributed by atoms with Crippen molar-refractivity contribution in [2.75, 3.05) is 0 Å². The summed E-state index contributed by atoms with van der Waals surface area (Å²) in [6.45, 7) is 6.78. The third kappa shape index (κ3) is 2.83. The number of hydrogen-bond donors (Lipinski definition) is 2. The largest absolute Gasteiger partial charge is 0.508 e. The zero-order valence-corrected chi connectivity index (χ0v) is 13.7. The summed E-state index contributed by atoms with van der Waals surface area (Å²) < 4.78 is 0. The normalized spacial score (nSPS) is 32.1. The SMILES string of the molecule is CCC1CCCC(NC2CC(C)c3c(C)ccc(O)c32)C1. The van der Waals surface area contributed by atoms with Gasteiger partial charge in [-0.2, -0.15) is 0 Å². The van der Waals surface area contributed by atoms with Gasteiger partial charge in [-0.1, -0.05) is 39.2 Å². The Morgan fingerprint density at radius 2 is 2.00 bits per heavy atom. The predicted octanol–water partition coefficient (Wildman–Crippen LogP) is 4.81. The first-order valence-electron chi connectivity index (χ1n) is 8.68. The molecule has 2 aliphatic carbocycles. The lowest BCUT2D eigenvalue weighted by molar-refractivity contribution is 0.259. The fourth-order valence-electron chi connectivity index (χ4n) is 4.59. The molecule has 116 valence electrons. The van der Waals surface area contributed by atoms with Crippen molar-refractivity contribution in [3.8, 4) is 5.75 Å². The van der Waals surface area contributed by atoms with Crippen LogP contribution in [0.3, 0.4) is 0 Å². The van der Waals surface area contributed by atoms with Gasteiger partial charge in [0, 0.05) is 17.6 Å². The average Bonchev–Trinajstić information content (AvgIpc) is 2.81. The Hall–Kier alpha value is -1.02. The molecule has 3 rings (SSSR count). The predicted molar refractivity (Wildman–Crippen MR) is 87.8 cm³/mol. The Morgan fingerprint density at radius 1 is 1.19 bits per heavy atom. The molecular formula is C19H29NO. The third-order valence-corrected chi connectivity index (χ3v) is 5.71. The van der Waals surface area contributed by atoms with Gasteiger partial charge in [0.1, 0.15) is 5.75 Å². The highest BCUT2D eigenvalue weighted by Gasteiger charge is 2.34. The minimum atomic E-state index is 0.343. The molecule has 0 amide bonds. The van der Waals surface area contributed by atoms with Crippen LogP contribution in [0, 0.1) is 12.8 Å². The number of rotatable bonds is 3. The van der Waals surface area contributed by atoms with Crippen LogP contribution in [0.2, 0.25) is 0 Å². The van der Waals surface area contributed by atoms with Crippen molar-refractivity contribution in [3.05, 3.63) is 28.8 Å². The summed E-state index contributed by atoms with van der Waals surface area (Å²) in [5.41, 5.74) is 3.89. The summed E-state index contributed by atoms with van der Waals surface area (Å²) in [6, 6.07) is 4.90. The van der Waals surface area contributed by atoms with E-state index in [1.54, 1.807) is 0 Å². The van der Waals surface area contributed by atoms with Crippen molar-refractivity contribution in [1.82, 2.24) is 5.32 Å². The molecule has 1 aromatic rings. The van der Waals surface area contributed by atoms with E-state index in [0.29, 0.717) is 23.8 Å². The molecule has 1 fully saturated rings. The summed E-state index contributed by atoms with van der Waals surface area (Å²) >= 11 is 0. The second-order valence-electron chi connectivity index (χ2n) is 7.22. The minimum absolute atomic E-state index is 0.343. The Kier molecular flexibility index (Phi) is 4.26. The lowest BCUT2D eigenvalue weighted by Crippen LogP contribution is -2.36. The Labute approximate surface area is 129 Å². The number of nitrogens with one attached hydrogen (secondary N) is 1. The van der Waals surface area contributed by atoms with E-state index in [-0.39, 0.29) is 0 Å². The zero-order valence-electron chi connectivity index (χ0n) is 13.7. The molecule has 1 aromatic carbocycles. The molecule has 0 saturated heterocycles. The molecule has 2 aliphatic rings. The quantitative estimate of drug-likeness (QED) is 0.836. The molecule has 4 unspecified atom stereocenters.